The van der Waals surface area contributed by atoms with Crippen molar-refractivity contribution in [2.75, 3.05) is 13.2 Å². The molecule has 1 amide bonds. The minimum Gasteiger partial charge on any atom is -0.493 e. The molecule has 0 aliphatic carbocycles. The molecule has 0 atom stereocenters. The SMILES string of the molecule is Cc1ccccc1OCCn1c(O)c(N=NC(=O)COc2ccccc2)c2ccccc21. The Balaban J connectivity index is 1.48. The number of fused-ring (bicyclic) bond motifs is 1. The van der Waals surface area contributed by atoms with E-state index in [0.717, 1.165) is 16.8 Å². The normalized spacial score (nSPS) is 11.2. The third-order valence-corrected chi connectivity index (χ3v) is 4.95. The molecule has 0 aliphatic heterocycles. The summed E-state index contributed by atoms with van der Waals surface area (Å²) in [5.74, 6) is 0.754. The van der Waals surface area contributed by atoms with Crippen LogP contribution in [-0.2, 0) is 11.3 Å². The summed E-state index contributed by atoms with van der Waals surface area (Å²) in [5.41, 5.74) is 2.06. The Hall–Kier alpha value is -4.13. The van der Waals surface area contributed by atoms with Gasteiger partial charge in [-0.3, -0.25) is 4.79 Å². The minimum absolute atomic E-state index is 0.0693. The summed E-state index contributed by atoms with van der Waals surface area (Å²) in [6, 6.07) is 24.2. The van der Waals surface area contributed by atoms with E-state index >= 15 is 0 Å². The Morgan fingerprint density at radius 1 is 0.938 bits per heavy atom. The lowest BCUT2D eigenvalue weighted by Gasteiger charge is -2.11. The molecule has 4 aromatic rings. The van der Waals surface area contributed by atoms with Crippen LogP contribution in [0.5, 0.6) is 17.4 Å². The molecule has 0 bridgehead atoms. The highest BCUT2D eigenvalue weighted by Gasteiger charge is 2.17. The number of amides is 1. The van der Waals surface area contributed by atoms with Crippen LogP contribution in [-0.4, -0.2) is 28.8 Å². The lowest BCUT2D eigenvalue weighted by Crippen LogP contribution is -2.08. The molecule has 0 unspecified atom stereocenters. The number of ether oxygens (including phenoxy) is 2. The largest absolute Gasteiger partial charge is 0.493 e. The Kier molecular flexibility index (Phi) is 6.46. The first kappa shape index (κ1) is 21.1. The number of benzene rings is 3. The molecule has 0 saturated heterocycles. The molecule has 0 spiro atoms. The van der Waals surface area contributed by atoms with Gasteiger partial charge in [0.25, 0.3) is 0 Å². The van der Waals surface area contributed by atoms with Crippen molar-refractivity contribution >= 4 is 22.5 Å². The zero-order chi connectivity index (χ0) is 22.3. The number of azo groups is 1. The van der Waals surface area contributed by atoms with Crippen molar-refractivity contribution < 1.29 is 19.4 Å². The number of para-hydroxylation sites is 3. The van der Waals surface area contributed by atoms with Crippen LogP contribution in [0, 0.1) is 6.92 Å². The first-order chi connectivity index (χ1) is 15.6. The fourth-order valence-corrected chi connectivity index (χ4v) is 3.36. The second-order valence-corrected chi connectivity index (χ2v) is 7.15. The summed E-state index contributed by atoms with van der Waals surface area (Å²) in [6.07, 6.45) is 0. The van der Waals surface area contributed by atoms with Gasteiger partial charge in [-0.05, 0) is 36.8 Å². The van der Waals surface area contributed by atoms with E-state index < -0.39 is 5.91 Å². The quantitative estimate of drug-likeness (QED) is 0.379. The Labute approximate surface area is 185 Å². The van der Waals surface area contributed by atoms with Crippen molar-refractivity contribution in [3.63, 3.8) is 0 Å². The fourth-order valence-electron chi connectivity index (χ4n) is 3.36. The van der Waals surface area contributed by atoms with E-state index in [2.05, 4.69) is 10.2 Å². The monoisotopic (exact) mass is 429 g/mol. The van der Waals surface area contributed by atoms with Crippen LogP contribution >= 0.6 is 0 Å². The lowest BCUT2D eigenvalue weighted by molar-refractivity contribution is -0.120. The molecular formula is C25H23N3O4. The molecule has 162 valence electrons. The number of carbonyl (C=O) groups is 1. The van der Waals surface area contributed by atoms with Crippen LogP contribution in [0.25, 0.3) is 10.9 Å². The molecule has 1 heterocycles. The van der Waals surface area contributed by atoms with E-state index in [1.807, 2.05) is 73.7 Å². The Morgan fingerprint density at radius 2 is 1.66 bits per heavy atom. The molecule has 32 heavy (non-hydrogen) atoms. The predicted octanol–water partition coefficient (Wildman–Crippen LogP) is 5.42. The van der Waals surface area contributed by atoms with Crippen molar-refractivity contribution in [3.05, 3.63) is 84.4 Å². The minimum atomic E-state index is -0.548. The molecule has 0 aliphatic rings. The van der Waals surface area contributed by atoms with E-state index in [9.17, 15) is 9.90 Å². The highest BCUT2D eigenvalue weighted by Crippen LogP contribution is 2.38. The maximum Gasteiger partial charge on any atom is 0.302 e. The van der Waals surface area contributed by atoms with Crippen LogP contribution in [0.2, 0.25) is 0 Å². The van der Waals surface area contributed by atoms with Crippen LogP contribution in [0.1, 0.15) is 5.56 Å². The van der Waals surface area contributed by atoms with Crippen LogP contribution in [0.3, 0.4) is 0 Å². The molecule has 1 N–H and O–H groups in total. The number of hydrogen-bond donors (Lipinski definition) is 1. The van der Waals surface area contributed by atoms with Crippen molar-refractivity contribution in [1.82, 2.24) is 4.57 Å². The smallest absolute Gasteiger partial charge is 0.302 e. The number of aromatic nitrogens is 1. The van der Waals surface area contributed by atoms with E-state index in [1.54, 1.807) is 16.7 Å². The predicted molar refractivity (Wildman–Crippen MR) is 122 cm³/mol. The lowest BCUT2D eigenvalue weighted by atomic mass is 10.2. The van der Waals surface area contributed by atoms with E-state index in [4.69, 9.17) is 9.47 Å². The molecule has 1 aromatic heterocycles. The number of carbonyl (C=O) groups excluding carboxylic acids is 1. The van der Waals surface area contributed by atoms with Gasteiger partial charge in [-0.1, -0.05) is 54.6 Å². The van der Waals surface area contributed by atoms with Gasteiger partial charge < -0.3 is 19.1 Å². The van der Waals surface area contributed by atoms with Crippen LogP contribution < -0.4 is 9.47 Å². The van der Waals surface area contributed by atoms with Crippen LogP contribution in [0.15, 0.2) is 89.1 Å². The van der Waals surface area contributed by atoms with Gasteiger partial charge in [0, 0.05) is 5.39 Å². The average molecular weight is 429 g/mol. The summed E-state index contributed by atoms with van der Waals surface area (Å²) in [4.78, 5) is 12.1. The number of nitrogens with zero attached hydrogens (tertiary/aromatic N) is 3. The maximum atomic E-state index is 12.1. The highest BCUT2D eigenvalue weighted by atomic mass is 16.5. The zero-order valence-corrected chi connectivity index (χ0v) is 17.6. The molecule has 0 fully saturated rings. The second-order valence-electron chi connectivity index (χ2n) is 7.15. The summed E-state index contributed by atoms with van der Waals surface area (Å²) < 4.78 is 13.0. The Morgan fingerprint density at radius 3 is 2.47 bits per heavy atom. The first-order valence-electron chi connectivity index (χ1n) is 10.2. The molecule has 0 saturated carbocycles. The third kappa shape index (κ3) is 4.78. The van der Waals surface area contributed by atoms with Crippen molar-refractivity contribution in [2.45, 2.75) is 13.5 Å². The summed E-state index contributed by atoms with van der Waals surface area (Å²) in [5, 5.41) is 19.3. The zero-order valence-electron chi connectivity index (χ0n) is 17.6. The van der Waals surface area contributed by atoms with Gasteiger partial charge in [-0.2, -0.15) is 0 Å². The molecule has 4 rings (SSSR count). The third-order valence-electron chi connectivity index (χ3n) is 4.95. The van der Waals surface area contributed by atoms with E-state index in [0.29, 0.717) is 24.3 Å². The molecule has 7 heteroatoms. The standard InChI is InChI=1S/C25H23N3O4/c1-18-9-5-8-14-22(18)31-16-15-28-21-13-7-6-12-20(21)24(25(28)30)27-26-23(29)17-32-19-10-3-2-4-11-19/h2-14,30H,15-17H2,1H3. The molecule has 0 radical (unpaired) electrons. The second kappa shape index (κ2) is 9.78. The number of rotatable bonds is 8. The molecular weight excluding hydrogens is 406 g/mol. The van der Waals surface area contributed by atoms with E-state index in [1.165, 1.54) is 0 Å². The van der Waals surface area contributed by atoms with E-state index in [-0.39, 0.29) is 18.2 Å². The molecule has 7 nitrogen and oxygen atoms in total. The van der Waals surface area contributed by atoms with Crippen molar-refractivity contribution in [1.29, 1.82) is 0 Å². The van der Waals surface area contributed by atoms with Gasteiger partial charge in [0.1, 0.15) is 18.1 Å². The first-order valence-corrected chi connectivity index (χ1v) is 10.2. The number of hydrogen-bond acceptors (Lipinski definition) is 5. The van der Waals surface area contributed by atoms with Crippen molar-refractivity contribution in [2.24, 2.45) is 10.2 Å². The maximum absolute atomic E-state index is 12.1. The van der Waals surface area contributed by atoms with Gasteiger partial charge >= 0.3 is 5.91 Å². The molecule has 3 aromatic carbocycles. The van der Waals surface area contributed by atoms with Crippen LogP contribution in [0.4, 0.5) is 5.69 Å². The highest BCUT2D eigenvalue weighted by molar-refractivity contribution is 5.95. The number of aromatic hydroxyl groups is 1. The summed E-state index contributed by atoms with van der Waals surface area (Å²) in [7, 11) is 0. The summed E-state index contributed by atoms with van der Waals surface area (Å²) in [6.45, 7) is 2.50. The van der Waals surface area contributed by atoms with Crippen molar-refractivity contribution in [3.8, 4) is 17.4 Å². The Bertz CT molecular complexity index is 1250. The topological polar surface area (TPSA) is 85.4 Å². The fraction of sp³-hybridized carbons (Fsp3) is 0.160. The van der Waals surface area contributed by atoms with Gasteiger partial charge in [0.2, 0.25) is 5.88 Å². The van der Waals surface area contributed by atoms with Gasteiger partial charge in [0.05, 0.1) is 12.1 Å². The average Bonchev–Trinajstić information content (AvgIpc) is 3.09. The van der Waals surface area contributed by atoms with Gasteiger partial charge in [-0.15, -0.1) is 10.2 Å². The number of aryl methyl sites for hydroxylation is 1. The van der Waals surface area contributed by atoms with Gasteiger partial charge in [0.15, 0.2) is 12.3 Å². The van der Waals surface area contributed by atoms with Gasteiger partial charge in [-0.25, -0.2) is 0 Å². The summed E-state index contributed by atoms with van der Waals surface area (Å²) >= 11 is 0.